The molecule has 0 atom stereocenters. The van der Waals surface area contributed by atoms with Crippen molar-refractivity contribution in [2.75, 3.05) is 6.61 Å². The molecule has 0 radical (unpaired) electrons. The monoisotopic (exact) mass is 322 g/mol. The lowest BCUT2D eigenvalue weighted by atomic mass is 10.1. The Bertz CT molecular complexity index is 343. The number of rotatable bonds is 8. The summed E-state index contributed by atoms with van der Waals surface area (Å²) in [7, 11) is 0. The van der Waals surface area contributed by atoms with E-state index in [1.807, 2.05) is 12.1 Å². The SMILES string of the molecule is CCCCCCCCOc1ccc(C(Cl)(Cl)Cl)cc1. The van der Waals surface area contributed by atoms with Crippen LogP contribution in [0.25, 0.3) is 0 Å². The molecule has 108 valence electrons. The van der Waals surface area contributed by atoms with Gasteiger partial charge in [0.25, 0.3) is 0 Å². The summed E-state index contributed by atoms with van der Waals surface area (Å²) in [5.74, 6) is 0.826. The minimum absolute atomic E-state index is 0.657. The van der Waals surface area contributed by atoms with E-state index in [1.165, 1.54) is 32.1 Å². The fourth-order valence-electron chi connectivity index (χ4n) is 1.81. The lowest BCUT2D eigenvalue weighted by Crippen LogP contribution is -2.01. The van der Waals surface area contributed by atoms with Gasteiger partial charge in [-0.3, -0.25) is 0 Å². The summed E-state index contributed by atoms with van der Waals surface area (Å²) < 4.78 is 4.29. The predicted octanol–water partition coefficient (Wildman–Crippen LogP) is 6.25. The van der Waals surface area contributed by atoms with Crippen LogP contribution in [0.5, 0.6) is 5.75 Å². The summed E-state index contributed by atoms with van der Waals surface area (Å²) in [5, 5.41) is 0. The largest absolute Gasteiger partial charge is 0.494 e. The molecule has 0 spiro atoms. The van der Waals surface area contributed by atoms with Crippen LogP contribution in [0.15, 0.2) is 24.3 Å². The Hall–Kier alpha value is -0.110. The zero-order chi connectivity index (χ0) is 14.1. The third-order valence-electron chi connectivity index (χ3n) is 2.95. The Morgan fingerprint density at radius 2 is 1.47 bits per heavy atom. The molecule has 0 aliphatic carbocycles. The summed E-state index contributed by atoms with van der Waals surface area (Å²) >= 11 is 17.4. The summed E-state index contributed by atoms with van der Waals surface area (Å²) in [4.78, 5) is 0. The molecule has 0 unspecified atom stereocenters. The quantitative estimate of drug-likeness (QED) is 0.405. The van der Waals surface area contributed by atoms with E-state index in [0.717, 1.165) is 18.8 Å². The van der Waals surface area contributed by atoms with E-state index >= 15 is 0 Å². The second-order valence-electron chi connectivity index (χ2n) is 4.64. The van der Waals surface area contributed by atoms with Gasteiger partial charge in [-0.25, -0.2) is 0 Å². The summed E-state index contributed by atoms with van der Waals surface area (Å²) in [6, 6.07) is 7.25. The van der Waals surface area contributed by atoms with E-state index in [-0.39, 0.29) is 0 Å². The van der Waals surface area contributed by atoms with Crippen molar-refractivity contribution in [3.8, 4) is 5.75 Å². The second kappa shape index (κ2) is 8.94. The first-order valence-corrected chi connectivity index (χ1v) is 7.97. The molecule has 0 bridgehead atoms. The second-order valence-corrected chi connectivity index (χ2v) is 6.92. The van der Waals surface area contributed by atoms with Crippen LogP contribution in [0.2, 0.25) is 0 Å². The Morgan fingerprint density at radius 3 is 2.05 bits per heavy atom. The van der Waals surface area contributed by atoms with E-state index in [4.69, 9.17) is 39.5 Å². The highest BCUT2D eigenvalue weighted by atomic mass is 35.6. The van der Waals surface area contributed by atoms with Crippen molar-refractivity contribution < 1.29 is 4.74 Å². The van der Waals surface area contributed by atoms with Gasteiger partial charge >= 0.3 is 0 Å². The highest BCUT2D eigenvalue weighted by molar-refractivity contribution is 6.66. The number of unbranched alkanes of at least 4 members (excludes halogenated alkanes) is 5. The van der Waals surface area contributed by atoms with E-state index in [2.05, 4.69) is 6.92 Å². The van der Waals surface area contributed by atoms with Gasteiger partial charge < -0.3 is 4.74 Å². The maximum atomic E-state index is 5.79. The van der Waals surface area contributed by atoms with Crippen molar-refractivity contribution >= 4 is 34.8 Å². The molecular weight excluding hydrogens is 303 g/mol. The predicted molar refractivity (Wildman–Crippen MR) is 84.6 cm³/mol. The highest BCUT2D eigenvalue weighted by Gasteiger charge is 2.22. The zero-order valence-electron chi connectivity index (χ0n) is 11.3. The molecule has 0 aromatic heterocycles. The zero-order valence-corrected chi connectivity index (χ0v) is 13.6. The van der Waals surface area contributed by atoms with E-state index < -0.39 is 3.79 Å². The molecule has 0 fully saturated rings. The fourth-order valence-corrected chi connectivity index (χ4v) is 2.19. The van der Waals surface area contributed by atoms with Gasteiger partial charge in [-0.2, -0.15) is 0 Å². The molecule has 0 aliphatic heterocycles. The number of hydrogen-bond acceptors (Lipinski definition) is 1. The van der Waals surface area contributed by atoms with Crippen LogP contribution in [0.1, 0.15) is 51.0 Å². The average molecular weight is 324 g/mol. The van der Waals surface area contributed by atoms with Gasteiger partial charge in [0.05, 0.1) is 6.61 Å². The van der Waals surface area contributed by atoms with Crippen LogP contribution in [0, 0.1) is 0 Å². The Kier molecular flexibility index (Phi) is 7.97. The van der Waals surface area contributed by atoms with Crippen LogP contribution in [0.4, 0.5) is 0 Å². The standard InChI is InChI=1S/C15H21Cl3O/c1-2-3-4-5-6-7-12-19-14-10-8-13(9-11-14)15(16,17)18/h8-11H,2-7,12H2,1H3. The molecule has 19 heavy (non-hydrogen) atoms. The third kappa shape index (κ3) is 7.29. The lowest BCUT2D eigenvalue weighted by Gasteiger charge is -2.12. The maximum absolute atomic E-state index is 5.79. The summed E-state index contributed by atoms with van der Waals surface area (Å²) in [6.45, 7) is 2.98. The topological polar surface area (TPSA) is 9.23 Å². The van der Waals surface area contributed by atoms with Gasteiger partial charge in [0.1, 0.15) is 5.75 Å². The van der Waals surface area contributed by atoms with Gasteiger partial charge in [0, 0.05) is 5.56 Å². The number of ether oxygens (including phenoxy) is 1. The average Bonchev–Trinajstić information content (AvgIpc) is 2.37. The minimum Gasteiger partial charge on any atom is -0.494 e. The molecule has 1 nitrogen and oxygen atoms in total. The molecule has 0 N–H and O–H groups in total. The van der Waals surface area contributed by atoms with Crippen LogP contribution >= 0.6 is 34.8 Å². The molecule has 1 rings (SSSR count). The molecule has 0 saturated carbocycles. The Morgan fingerprint density at radius 1 is 0.895 bits per heavy atom. The Balaban J connectivity index is 2.20. The molecule has 4 heteroatoms. The number of benzene rings is 1. The first-order valence-electron chi connectivity index (χ1n) is 6.84. The molecular formula is C15H21Cl3O. The highest BCUT2D eigenvalue weighted by Crippen LogP contribution is 2.38. The normalized spacial score (nSPS) is 11.6. The van der Waals surface area contributed by atoms with Gasteiger partial charge in [0.15, 0.2) is 0 Å². The molecule has 1 aromatic carbocycles. The Labute approximate surface area is 131 Å². The van der Waals surface area contributed by atoms with E-state index in [1.54, 1.807) is 12.1 Å². The summed E-state index contributed by atoms with van der Waals surface area (Å²) in [6.07, 6.45) is 7.56. The van der Waals surface area contributed by atoms with E-state index in [0.29, 0.717) is 5.56 Å². The molecule has 0 amide bonds. The van der Waals surface area contributed by atoms with Crippen LogP contribution in [-0.4, -0.2) is 6.61 Å². The number of halogens is 3. The van der Waals surface area contributed by atoms with E-state index in [9.17, 15) is 0 Å². The molecule has 0 aliphatic rings. The van der Waals surface area contributed by atoms with Crippen LogP contribution < -0.4 is 4.74 Å². The first-order chi connectivity index (χ1) is 9.04. The van der Waals surface area contributed by atoms with Crippen molar-refractivity contribution in [2.24, 2.45) is 0 Å². The molecule has 1 aromatic rings. The van der Waals surface area contributed by atoms with Gasteiger partial charge in [0.2, 0.25) is 3.79 Å². The van der Waals surface area contributed by atoms with Crippen molar-refractivity contribution in [1.82, 2.24) is 0 Å². The van der Waals surface area contributed by atoms with Gasteiger partial charge in [-0.1, -0.05) is 86.0 Å². The van der Waals surface area contributed by atoms with Crippen molar-refractivity contribution in [3.63, 3.8) is 0 Å². The van der Waals surface area contributed by atoms with Crippen LogP contribution in [-0.2, 0) is 3.79 Å². The minimum atomic E-state index is -1.36. The van der Waals surface area contributed by atoms with Crippen molar-refractivity contribution in [1.29, 1.82) is 0 Å². The fraction of sp³-hybridized carbons (Fsp3) is 0.600. The first kappa shape index (κ1) is 16.9. The van der Waals surface area contributed by atoms with Crippen molar-refractivity contribution in [3.05, 3.63) is 29.8 Å². The number of alkyl halides is 3. The third-order valence-corrected chi connectivity index (χ3v) is 3.60. The summed E-state index contributed by atoms with van der Waals surface area (Å²) in [5.41, 5.74) is 0.657. The maximum Gasteiger partial charge on any atom is 0.216 e. The molecule has 0 heterocycles. The van der Waals surface area contributed by atoms with Gasteiger partial charge in [-0.05, 0) is 18.6 Å². The number of hydrogen-bond donors (Lipinski definition) is 0. The van der Waals surface area contributed by atoms with Crippen molar-refractivity contribution in [2.45, 2.75) is 49.2 Å². The van der Waals surface area contributed by atoms with Gasteiger partial charge in [-0.15, -0.1) is 0 Å². The van der Waals surface area contributed by atoms with Crippen LogP contribution in [0.3, 0.4) is 0 Å². The molecule has 0 saturated heterocycles. The smallest absolute Gasteiger partial charge is 0.216 e. The lowest BCUT2D eigenvalue weighted by molar-refractivity contribution is 0.304.